The van der Waals surface area contributed by atoms with Crippen molar-refractivity contribution < 1.29 is 24.5 Å². The summed E-state index contributed by atoms with van der Waals surface area (Å²) in [7, 11) is 1.65. The lowest BCUT2D eigenvalue weighted by molar-refractivity contribution is -0.128. The zero-order valence-electron chi connectivity index (χ0n) is 23.9. The summed E-state index contributed by atoms with van der Waals surface area (Å²) in [5, 5.41) is 24.4. The van der Waals surface area contributed by atoms with Gasteiger partial charge in [-0.15, -0.1) is 0 Å². The van der Waals surface area contributed by atoms with Gasteiger partial charge in [0.15, 0.2) is 11.5 Å². The number of ether oxygens (including phenoxy) is 2. The molecule has 7 heteroatoms. The van der Waals surface area contributed by atoms with E-state index in [0.717, 1.165) is 18.4 Å². The summed E-state index contributed by atoms with van der Waals surface area (Å²) in [5.74, 6) is 1.65. The van der Waals surface area contributed by atoms with Crippen molar-refractivity contribution in [1.29, 1.82) is 0 Å². The minimum atomic E-state index is -0.752. The first-order chi connectivity index (χ1) is 17.5. The van der Waals surface area contributed by atoms with Crippen LogP contribution in [0.1, 0.15) is 78.7 Å². The fourth-order valence-corrected chi connectivity index (χ4v) is 5.09. The molecule has 1 saturated carbocycles. The van der Waals surface area contributed by atoms with Crippen LogP contribution in [-0.4, -0.2) is 54.6 Å². The Kier molecular flexibility index (Phi) is 13.2. The zero-order valence-corrected chi connectivity index (χ0v) is 23.9. The second-order valence-electron chi connectivity index (χ2n) is 11.7. The van der Waals surface area contributed by atoms with Crippen LogP contribution in [0.2, 0.25) is 0 Å². The van der Waals surface area contributed by atoms with Gasteiger partial charge >= 0.3 is 0 Å². The minimum absolute atomic E-state index is 0.0307. The average molecular weight is 521 g/mol. The number of aliphatic hydroxyl groups is 1. The number of aliphatic hydroxyl groups excluding tert-OH is 1. The second kappa shape index (κ2) is 15.6. The van der Waals surface area contributed by atoms with Crippen LogP contribution in [0.15, 0.2) is 18.2 Å². The average Bonchev–Trinajstić information content (AvgIpc) is 2.79. The molecule has 5 N–H and O–H groups in total. The number of benzene rings is 1. The molecule has 0 aliphatic heterocycles. The molecule has 1 aliphatic rings. The largest absolute Gasteiger partial charge is 0.504 e. The molecule has 1 aliphatic carbocycles. The number of rotatable bonds is 17. The van der Waals surface area contributed by atoms with Crippen LogP contribution in [0.4, 0.5) is 0 Å². The number of nitrogens with one attached hydrogen (secondary N) is 1. The van der Waals surface area contributed by atoms with Crippen LogP contribution >= 0.6 is 0 Å². The van der Waals surface area contributed by atoms with Crippen LogP contribution in [0, 0.1) is 29.6 Å². The quantitative estimate of drug-likeness (QED) is 0.222. The number of phenolic OH excluding ortho intramolecular Hbond substituents is 1. The van der Waals surface area contributed by atoms with Gasteiger partial charge in [0.2, 0.25) is 5.91 Å². The van der Waals surface area contributed by atoms with E-state index < -0.39 is 12.1 Å². The Morgan fingerprint density at radius 3 is 2.38 bits per heavy atom. The lowest BCUT2D eigenvalue weighted by Crippen LogP contribution is -2.47. The van der Waals surface area contributed by atoms with Crippen molar-refractivity contribution >= 4 is 5.91 Å². The molecule has 212 valence electrons. The van der Waals surface area contributed by atoms with Crippen molar-refractivity contribution in [2.24, 2.45) is 35.3 Å². The maximum Gasteiger partial charge on any atom is 0.223 e. The van der Waals surface area contributed by atoms with Crippen LogP contribution in [0.3, 0.4) is 0 Å². The normalized spacial score (nSPS) is 18.2. The second-order valence-corrected chi connectivity index (χ2v) is 11.7. The van der Waals surface area contributed by atoms with Crippen LogP contribution in [-0.2, 0) is 16.0 Å². The number of carbonyl (C=O) groups is 1. The van der Waals surface area contributed by atoms with E-state index in [1.54, 1.807) is 13.2 Å². The molecule has 0 bridgehead atoms. The Balaban J connectivity index is 1.97. The van der Waals surface area contributed by atoms with E-state index in [1.807, 2.05) is 26.0 Å². The Hall–Kier alpha value is -1.83. The molecule has 2 rings (SSSR count). The third-order valence-corrected chi connectivity index (χ3v) is 8.15. The van der Waals surface area contributed by atoms with Gasteiger partial charge < -0.3 is 30.7 Å². The summed E-state index contributed by atoms with van der Waals surface area (Å²) in [6.45, 7) is 11.6. The number of aromatic hydroxyl groups is 1. The topological polar surface area (TPSA) is 114 Å². The summed E-state index contributed by atoms with van der Waals surface area (Å²) in [5.41, 5.74) is 7.59. The number of nitrogens with two attached hydrogens (primary N) is 1. The predicted octanol–water partition coefficient (Wildman–Crippen LogP) is 4.67. The number of carbonyl (C=O) groups excluding carboxylic acids is 1. The summed E-state index contributed by atoms with van der Waals surface area (Å²) >= 11 is 0. The molecule has 0 aromatic heterocycles. The van der Waals surface area contributed by atoms with E-state index >= 15 is 0 Å². The molecule has 0 spiro atoms. The highest BCUT2D eigenvalue weighted by Crippen LogP contribution is 2.32. The van der Waals surface area contributed by atoms with Crippen molar-refractivity contribution in [1.82, 2.24) is 5.32 Å². The van der Waals surface area contributed by atoms with E-state index in [4.69, 9.17) is 15.2 Å². The van der Waals surface area contributed by atoms with Gasteiger partial charge in [0.25, 0.3) is 0 Å². The molecular weight excluding hydrogens is 468 g/mol. The van der Waals surface area contributed by atoms with Gasteiger partial charge in [-0.3, -0.25) is 4.79 Å². The molecule has 1 fully saturated rings. The monoisotopic (exact) mass is 520 g/mol. The summed E-state index contributed by atoms with van der Waals surface area (Å²) < 4.78 is 10.8. The third-order valence-electron chi connectivity index (χ3n) is 8.15. The molecule has 0 radical (unpaired) electrons. The van der Waals surface area contributed by atoms with Gasteiger partial charge in [-0.25, -0.2) is 0 Å². The molecule has 0 saturated heterocycles. The lowest BCUT2D eigenvalue weighted by atomic mass is 9.79. The highest BCUT2D eigenvalue weighted by molar-refractivity contribution is 5.79. The van der Waals surface area contributed by atoms with E-state index in [-0.39, 0.29) is 35.5 Å². The highest BCUT2D eigenvalue weighted by Gasteiger charge is 2.32. The highest BCUT2D eigenvalue weighted by atomic mass is 16.5. The number of amides is 1. The maximum atomic E-state index is 13.0. The third kappa shape index (κ3) is 10.1. The molecule has 0 unspecified atom stereocenters. The molecule has 0 heterocycles. The van der Waals surface area contributed by atoms with Crippen LogP contribution in [0.5, 0.6) is 11.5 Å². The maximum absolute atomic E-state index is 13.0. The minimum Gasteiger partial charge on any atom is -0.504 e. The molecular formula is C30H52N2O5. The van der Waals surface area contributed by atoms with Gasteiger partial charge in [-0.1, -0.05) is 40.2 Å². The lowest BCUT2D eigenvalue weighted by Gasteiger charge is -2.34. The molecule has 7 nitrogen and oxygen atoms in total. The Labute approximate surface area is 224 Å². The fourth-order valence-electron chi connectivity index (χ4n) is 5.09. The molecule has 1 aromatic rings. The number of hydrogen-bond donors (Lipinski definition) is 4. The van der Waals surface area contributed by atoms with E-state index in [1.165, 1.54) is 19.3 Å². The Morgan fingerprint density at radius 2 is 1.81 bits per heavy atom. The van der Waals surface area contributed by atoms with Crippen LogP contribution < -0.4 is 15.8 Å². The van der Waals surface area contributed by atoms with Gasteiger partial charge in [0.05, 0.1) is 12.7 Å². The number of hydrogen-bond acceptors (Lipinski definition) is 6. The zero-order chi connectivity index (χ0) is 27.5. The van der Waals surface area contributed by atoms with Gasteiger partial charge in [-0.05, 0) is 80.4 Å². The van der Waals surface area contributed by atoms with E-state index in [9.17, 15) is 15.0 Å². The smallest absolute Gasteiger partial charge is 0.223 e. The summed E-state index contributed by atoms with van der Waals surface area (Å²) in [4.78, 5) is 13.0. The first-order valence-electron chi connectivity index (χ1n) is 14.2. The predicted molar refractivity (Wildman–Crippen MR) is 149 cm³/mol. The fraction of sp³-hybridized carbons (Fsp3) is 0.767. The van der Waals surface area contributed by atoms with Crippen LogP contribution in [0.25, 0.3) is 0 Å². The van der Waals surface area contributed by atoms with E-state index in [2.05, 4.69) is 26.1 Å². The SMILES string of the molecule is COCCCOc1cc(C[C@@H](C[C@H](N)[C@@H](O)C[C@H](C(=O)N[C@H](C)C2CCC2)C(C)C)C(C)C)ccc1O. The first-order valence-corrected chi connectivity index (χ1v) is 14.2. The van der Waals surface area contributed by atoms with Crippen molar-refractivity contribution in [3.05, 3.63) is 23.8 Å². The van der Waals surface area contributed by atoms with Crippen molar-refractivity contribution in [3.63, 3.8) is 0 Å². The molecule has 37 heavy (non-hydrogen) atoms. The summed E-state index contributed by atoms with van der Waals surface area (Å²) in [6, 6.07) is 5.23. The molecule has 1 aromatic carbocycles. The van der Waals surface area contributed by atoms with Gasteiger partial charge in [-0.2, -0.15) is 0 Å². The Bertz CT molecular complexity index is 811. The number of phenols is 1. The van der Waals surface area contributed by atoms with Gasteiger partial charge in [0, 0.05) is 38.1 Å². The standard InChI is InChI=1S/C30H52N2O5/c1-19(2)24(15-22-11-12-27(33)29(16-22)37-14-8-13-36-6)17-26(31)28(34)18-25(20(3)4)30(35)32-21(5)23-9-7-10-23/h11-12,16,19-21,23-26,28,33-34H,7-10,13-15,17-18,31H2,1-6H3,(H,32,35)/t21-,24+,25+,26+,28+/m1/s1. The van der Waals surface area contributed by atoms with Gasteiger partial charge in [0.1, 0.15) is 0 Å². The summed E-state index contributed by atoms with van der Waals surface area (Å²) in [6.07, 6.45) is 5.38. The first kappa shape index (κ1) is 31.4. The molecule has 5 atom stereocenters. The van der Waals surface area contributed by atoms with E-state index in [0.29, 0.717) is 43.6 Å². The number of methoxy groups -OCH3 is 1. The van der Waals surface area contributed by atoms with Crippen molar-refractivity contribution in [2.75, 3.05) is 20.3 Å². The van der Waals surface area contributed by atoms with Crippen molar-refractivity contribution in [3.8, 4) is 11.5 Å². The van der Waals surface area contributed by atoms with Crippen molar-refractivity contribution in [2.45, 2.75) is 97.8 Å². The molecule has 1 amide bonds. The Morgan fingerprint density at radius 1 is 1.11 bits per heavy atom.